The number of anilines is 1. The van der Waals surface area contributed by atoms with Gasteiger partial charge in [0.05, 0.1) is 24.6 Å². The van der Waals surface area contributed by atoms with Gasteiger partial charge in [0.1, 0.15) is 11.6 Å². The minimum atomic E-state index is -2.09. The highest BCUT2D eigenvalue weighted by Crippen LogP contribution is 2.27. The molecule has 35 heavy (non-hydrogen) atoms. The summed E-state index contributed by atoms with van der Waals surface area (Å²) < 4.78 is 34.6. The van der Waals surface area contributed by atoms with Crippen LogP contribution in [0.1, 0.15) is 35.0 Å². The average molecular weight is 520 g/mol. The Labute approximate surface area is 209 Å². The molecule has 0 N–H and O–H groups in total. The van der Waals surface area contributed by atoms with Gasteiger partial charge in [-0.2, -0.15) is 0 Å². The van der Waals surface area contributed by atoms with Gasteiger partial charge in [-0.15, -0.1) is 5.10 Å². The summed E-state index contributed by atoms with van der Waals surface area (Å²) in [5.41, 5.74) is 5.59. The molecule has 0 radical (unpaired) electrons. The third-order valence-corrected chi connectivity index (χ3v) is 10.6. The summed E-state index contributed by atoms with van der Waals surface area (Å²) in [5, 5.41) is 5.04. The minimum absolute atomic E-state index is 0.161. The smallest absolute Gasteiger partial charge is 0.157 e. The molecule has 2 fully saturated rings. The molecule has 4 heterocycles. The summed E-state index contributed by atoms with van der Waals surface area (Å²) >= 11 is 0. The zero-order valence-electron chi connectivity index (χ0n) is 20.5. The maximum Gasteiger partial charge on any atom is 0.157 e. The van der Waals surface area contributed by atoms with E-state index in [4.69, 9.17) is 14.8 Å². The second kappa shape index (κ2) is 10.2. The van der Waals surface area contributed by atoms with Gasteiger partial charge in [0.15, 0.2) is 5.65 Å². The van der Waals surface area contributed by atoms with Gasteiger partial charge in [0.2, 0.25) is 0 Å². The van der Waals surface area contributed by atoms with Crippen LogP contribution in [-0.4, -0.2) is 74.6 Å². The van der Waals surface area contributed by atoms with E-state index in [1.165, 1.54) is 6.07 Å². The van der Waals surface area contributed by atoms with Crippen LogP contribution >= 0.6 is 8.44 Å². The molecule has 10 heteroatoms. The third-order valence-electron chi connectivity index (χ3n) is 7.16. The first-order valence-corrected chi connectivity index (χ1v) is 16.1. The van der Waals surface area contributed by atoms with Gasteiger partial charge in [-0.05, 0) is 42.2 Å². The molecule has 7 nitrogen and oxygen atoms in total. The fraction of sp³-hybridized carbons (Fsp3) is 0.520. The van der Waals surface area contributed by atoms with Crippen LogP contribution < -0.4 is 4.90 Å². The fourth-order valence-electron chi connectivity index (χ4n) is 5.05. The Morgan fingerprint density at radius 1 is 1.17 bits per heavy atom. The molecule has 2 aliphatic heterocycles. The molecule has 0 saturated carbocycles. The van der Waals surface area contributed by atoms with Crippen molar-refractivity contribution in [2.75, 3.05) is 55.8 Å². The van der Waals surface area contributed by atoms with E-state index < -0.39 is 9.55 Å². The Kier molecular flexibility index (Phi) is 7.22. The highest BCUT2D eigenvalue weighted by Gasteiger charge is 2.25. The first-order valence-electron chi connectivity index (χ1n) is 12.4. The number of thiol groups is 1. The van der Waals surface area contributed by atoms with Crippen LogP contribution in [0, 0.1) is 12.7 Å². The summed E-state index contributed by atoms with van der Waals surface area (Å²) in [5.74, 6) is 2.18. The normalized spacial score (nSPS) is 19.8. The zero-order valence-corrected chi connectivity index (χ0v) is 22.6. The molecule has 3 aromatic rings. The lowest BCUT2D eigenvalue weighted by atomic mass is 9.99. The molecule has 1 unspecified atom stereocenters. The summed E-state index contributed by atoms with van der Waals surface area (Å²) in [4.78, 5) is 9.63. The van der Waals surface area contributed by atoms with E-state index in [9.17, 15) is 8.60 Å². The highest BCUT2D eigenvalue weighted by atomic mass is 32.8. The van der Waals surface area contributed by atoms with Gasteiger partial charge in [-0.1, -0.05) is 37.1 Å². The van der Waals surface area contributed by atoms with Crippen molar-refractivity contribution >= 4 is 29.5 Å². The summed E-state index contributed by atoms with van der Waals surface area (Å²) in [6, 6.07) is 7.43. The fourth-order valence-corrected chi connectivity index (χ4v) is 7.21. The second-order valence-corrected chi connectivity index (χ2v) is 15.2. The van der Waals surface area contributed by atoms with E-state index >= 15 is 0 Å². The first kappa shape index (κ1) is 24.8. The Hall–Kier alpha value is -1.93. The van der Waals surface area contributed by atoms with E-state index in [0.717, 1.165) is 65.7 Å². The number of halogens is 1. The van der Waals surface area contributed by atoms with Gasteiger partial charge in [0, 0.05) is 50.7 Å². The lowest BCUT2D eigenvalue weighted by Crippen LogP contribution is -2.40. The molecule has 1 atom stereocenters. The molecule has 5 rings (SSSR count). The van der Waals surface area contributed by atoms with Crippen molar-refractivity contribution < 1.29 is 13.3 Å². The van der Waals surface area contributed by atoms with Gasteiger partial charge in [-0.25, -0.2) is 13.9 Å². The lowest BCUT2D eigenvalue weighted by molar-refractivity contribution is 0.122. The van der Waals surface area contributed by atoms with Crippen molar-refractivity contribution in [1.82, 2.24) is 19.5 Å². The molecule has 0 aliphatic carbocycles. The number of ether oxygens (including phenoxy) is 1. The molecule has 2 aliphatic rings. The van der Waals surface area contributed by atoms with Crippen LogP contribution in [0.4, 0.5) is 10.2 Å². The Morgan fingerprint density at radius 3 is 2.63 bits per heavy atom. The third kappa shape index (κ3) is 5.29. The van der Waals surface area contributed by atoms with Gasteiger partial charge >= 0.3 is 0 Å². The van der Waals surface area contributed by atoms with Crippen molar-refractivity contribution in [3.05, 3.63) is 58.2 Å². The monoisotopic (exact) mass is 519 g/mol. The van der Waals surface area contributed by atoms with Crippen molar-refractivity contribution in [3.63, 3.8) is 0 Å². The largest absolute Gasteiger partial charge is 0.378 e. The molecule has 0 spiro atoms. The molecule has 2 saturated heterocycles. The number of imidazole rings is 1. The van der Waals surface area contributed by atoms with Gasteiger partial charge in [0.25, 0.3) is 0 Å². The molecule has 0 amide bonds. The quantitative estimate of drug-likeness (QED) is 0.399. The van der Waals surface area contributed by atoms with E-state index in [1.54, 1.807) is 6.07 Å². The SMILES string of the molecule is CCc1c(F)cccc1Cc1c(CN2CC[SH](=O)(P)CC2)nc2c(C)cc(N3CCOCC3)nn12. The number of hydrogen-bond acceptors (Lipinski definition) is 6. The Balaban J connectivity index is 1.57. The molecule has 0 bridgehead atoms. The van der Waals surface area contributed by atoms with E-state index in [2.05, 4.69) is 31.2 Å². The van der Waals surface area contributed by atoms with Gasteiger partial charge < -0.3 is 9.64 Å². The first-order chi connectivity index (χ1) is 16.8. The predicted molar refractivity (Wildman–Crippen MR) is 144 cm³/mol. The summed E-state index contributed by atoms with van der Waals surface area (Å²) in [6.07, 6.45) is 1.20. The van der Waals surface area contributed by atoms with Crippen LogP contribution in [0.5, 0.6) is 0 Å². The zero-order chi connectivity index (χ0) is 24.6. The number of rotatable bonds is 6. The number of aryl methyl sites for hydroxylation is 1. The molecule has 190 valence electrons. The van der Waals surface area contributed by atoms with Crippen LogP contribution in [0.15, 0.2) is 24.3 Å². The van der Waals surface area contributed by atoms with Crippen LogP contribution in [-0.2, 0) is 33.7 Å². The predicted octanol–water partition coefficient (Wildman–Crippen LogP) is 2.79. The Morgan fingerprint density at radius 2 is 1.91 bits per heavy atom. The number of fused-ring (bicyclic) bond motifs is 1. The number of nitrogens with zero attached hydrogens (tertiary/aromatic N) is 5. The number of benzene rings is 1. The maximum absolute atomic E-state index is 14.6. The average Bonchev–Trinajstić information content (AvgIpc) is 3.18. The minimum Gasteiger partial charge on any atom is -0.378 e. The number of morpholine rings is 1. The number of aromatic nitrogens is 3. The topological polar surface area (TPSA) is 63.0 Å². The van der Waals surface area contributed by atoms with E-state index in [0.29, 0.717) is 44.1 Å². The van der Waals surface area contributed by atoms with Gasteiger partial charge in [-0.3, -0.25) is 9.11 Å². The Bertz CT molecular complexity index is 1260. The van der Waals surface area contributed by atoms with Crippen molar-refractivity contribution in [3.8, 4) is 0 Å². The lowest BCUT2D eigenvalue weighted by Gasteiger charge is -2.32. The summed E-state index contributed by atoms with van der Waals surface area (Å²) in [6.45, 7) is 9.32. The van der Waals surface area contributed by atoms with Crippen molar-refractivity contribution in [2.45, 2.75) is 33.2 Å². The van der Waals surface area contributed by atoms with E-state index in [1.807, 2.05) is 17.5 Å². The van der Waals surface area contributed by atoms with E-state index in [-0.39, 0.29) is 5.82 Å². The highest BCUT2D eigenvalue weighted by molar-refractivity contribution is 8.45. The van der Waals surface area contributed by atoms with Crippen LogP contribution in [0.3, 0.4) is 0 Å². The molecular weight excluding hydrogens is 484 g/mol. The molecular formula is C25H35FN5O2PS. The molecule has 2 aromatic heterocycles. The van der Waals surface area contributed by atoms with Crippen molar-refractivity contribution in [2.24, 2.45) is 0 Å². The van der Waals surface area contributed by atoms with Crippen molar-refractivity contribution in [1.29, 1.82) is 0 Å². The van der Waals surface area contributed by atoms with Crippen LogP contribution in [0.2, 0.25) is 0 Å². The number of hydrogen-bond donors (Lipinski definition) is 1. The standard InChI is InChI=1S/C25H35FN5O2PS/c1-3-20-19(5-4-6-21(20)26)16-23-22(17-29-9-13-35(32,34)14-10-29)27-25-18(2)15-24(28-31(23)25)30-7-11-33-12-8-30/h4-6,15,35H,3,7-14,16-17,34H2,1-2H3. The van der Waals surface area contributed by atoms with Crippen LogP contribution in [0.25, 0.3) is 5.65 Å². The maximum atomic E-state index is 14.6. The second-order valence-electron chi connectivity index (χ2n) is 9.61. The molecule has 1 aromatic carbocycles. The summed E-state index contributed by atoms with van der Waals surface area (Å²) in [7, 11) is 0.493.